The number of aryl methyl sites for hydroxylation is 6. The molecule has 0 aliphatic rings. The van der Waals surface area contributed by atoms with Gasteiger partial charge in [0.05, 0.1) is 38.0 Å². The van der Waals surface area contributed by atoms with E-state index in [1.165, 1.54) is 64.1 Å². The van der Waals surface area contributed by atoms with Gasteiger partial charge in [-0.3, -0.25) is 38.4 Å². The Hall–Kier alpha value is -11.7. The Labute approximate surface area is 860 Å². The number of hydrogen-bond donors (Lipinski definition) is 5. The van der Waals surface area contributed by atoms with Crippen molar-refractivity contribution in [3.05, 3.63) is 324 Å². The van der Waals surface area contributed by atoms with Gasteiger partial charge < -0.3 is 68.2 Å². The Balaban J connectivity index is 0.000000327. The number of halogens is 4. The van der Waals surface area contributed by atoms with E-state index < -0.39 is 83.3 Å². The summed E-state index contributed by atoms with van der Waals surface area (Å²) in [6.07, 6.45) is 1.38. The number of carbonyl (C=O) groups excluding carboxylic acids is 12. The lowest BCUT2D eigenvalue weighted by Gasteiger charge is -2.18. The number of rotatable bonds is 47. The molecular formula is C108H118I4O26. The van der Waals surface area contributed by atoms with Gasteiger partial charge in [-0.2, -0.15) is 0 Å². The molecule has 0 aliphatic carbocycles. The van der Waals surface area contributed by atoms with E-state index in [-0.39, 0.29) is 161 Å². The minimum Gasteiger partial charge on any atom is -0.508 e. The lowest BCUT2D eigenvalue weighted by Crippen LogP contribution is -2.27. The third-order valence-electron chi connectivity index (χ3n) is 20.5. The molecule has 0 aliphatic heterocycles. The fourth-order valence-electron chi connectivity index (χ4n) is 12.8. The highest BCUT2D eigenvalue weighted by atomic mass is 127. The molecule has 138 heavy (non-hydrogen) atoms. The van der Waals surface area contributed by atoms with Crippen molar-refractivity contribution in [1.29, 1.82) is 0 Å². The van der Waals surface area contributed by atoms with Crippen molar-refractivity contribution < 1.29 is 126 Å². The quantitative estimate of drug-likeness (QED) is 0.00590. The van der Waals surface area contributed by atoms with Crippen LogP contribution in [0.5, 0.6) is 34.5 Å². The molecule has 0 radical (unpaired) electrons. The highest BCUT2D eigenvalue weighted by Crippen LogP contribution is 2.38. The second kappa shape index (κ2) is 60.9. The number of aliphatic hydroxyl groups excluding tert-OH is 1. The largest absolute Gasteiger partial charge is 0.508 e. The number of benzene rings is 9. The van der Waals surface area contributed by atoms with E-state index in [0.717, 1.165) is 62.8 Å². The summed E-state index contributed by atoms with van der Waals surface area (Å²) in [5.41, 5.74) is 11.7. The highest BCUT2D eigenvalue weighted by Gasteiger charge is 2.31. The van der Waals surface area contributed by atoms with Gasteiger partial charge in [-0.1, -0.05) is 189 Å². The lowest BCUT2D eigenvalue weighted by molar-refractivity contribution is -0.155. The molecule has 0 unspecified atom stereocenters. The topological polar surface area (TPSA) is 389 Å². The zero-order valence-corrected chi connectivity index (χ0v) is 86.3. The number of phenolic OH excluding ortho intramolecular Hbond substituents is 4. The first-order valence-electron chi connectivity index (χ1n) is 43.7. The number of phenols is 4. The number of hydrogen-bond acceptors (Lipinski definition) is 26. The fourth-order valence-corrected chi connectivity index (χ4v) is 16.6. The third-order valence-corrected chi connectivity index (χ3v) is 23.7. The number of ether oxygens (including phenoxy) is 9. The summed E-state index contributed by atoms with van der Waals surface area (Å²) in [6, 6.07) is 56.7. The second-order valence-corrected chi connectivity index (χ2v) is 37.2. The number of aromatic hydroxyl groups is 4. The smallest absolute Gasteiger partial charge is 0.333 e. The summed E-state index contributed by atoms with van der Waals surface area (Å²) in [5.74, 6) is -6.34. The first-order chi connectivity index (χ1) is 65.0. The molecule has 0 saturated heterocycles. The van der Waals surface area contributed by atoms with Gasteiger partial charge in [-0.25, -0.2) is 19.2 Å². The maximum Gasteiger partial charge on any atom is 0.333 e. The average molecular weight is 2340 g/mol. The zero-order valence-electron chi connectivity index (χ0n) is 77.7. The predicted octanol–water partition coefficient (Wildman–Crippen LogP) is 20.1. The number of Topliss-reactive ketones (excluding diaryl/α,β-unsaturated/α-hetero) is 4. The summed E-state index contributed by atoms with van der Waals surface area (Å²) in [5, 5.41) is 48.9. The second-order valence-electron chi connectivity index (χ2n) is 32.6. The number of esters is 8. The minimum absolute atomic E-state index is 0. The summed E-state index contributed by atoms with van der Waals surface area (Å²) in [4.78, 5) is 148. The van der Waals surface area contributed by atoms with E-state index in [0.29, 0.717) is 68.3 Å². The molecule has 9 rings (SSSR count). The van der Waals surface area contributed by atoms with Crippen molar-refractivity contribution >= 4 is 161 Å². The Morgan fingerprint density at radius 3 is 0.906 bits per heavy atom. The van der Waals surface area contributed by atoms with Gasteiger partial charge in [-0.05, 0) is 284 Å². The first-order valence-corrected chi connectivity index (χ1v) is 48.0. The van der Waals surface area contributed by atoms with E-state index in [1.54, 1.807) is 84.9 Å². The van der Waals surface area contributed by atoms with Gasteiger partial charge >= 0.3 is 47.8 Å². The van der Waals surface area contributed by atoms with Crippen LogP contribution in [0.3, 0.4) is 0 Å². The van der Waals surface area contributed by atoms with Crippen LogP contribution >= 0.6 is 90.4 Å². The van der Waals surface area contributed by atoms with Crippen LogP contribution in [-0.2, 0) is 129 Å². The molecule has 0 aromatic heterocycles. The van der Waals surface area contributed by atoms with Crippen LogP contribution in [0.2, 0.25) is 0 Å². The van der Waals surface area contributed by atoms with E-state index >= 15 is 0 Å². The van der Waals surface area contributed by atoms with E-state index in [9.17, 15) is 83.1 Å². The summed E-state index contributed by atoms with van der Waals surface area (Å²) in [6.45, 7) is 27.0. The molecule has 734 valence electrons. The number of aliphatic hydroxyl groups is 1. The Kier molecular flexibility index (Phi) is 51.5. The van der Waals surface area contributed by atoms with Crippen LogP contribution in [-0.4, -0.2) is 149 Å². The molecule has 9 aromatic rings. The third kappa shape index (κ3) is 43.5. The number of carbonyl (C=O) groups is 12. The van der Waals surface area contributed by atoms with Crippen LogP contribution in [0, 0.1) is 65.6 Å². The molecule has 9 aromatic carbocycles. The molecule has 26 nitrogen and oxygen atoms in total. The summed E-state index contributed by atoms with van der Waals surface area (Å²) in [7, 11) is 0. The molecule has 0 bridgehead atoms. The molecule has 30 heteroatoms. The Morgan fingerprint density at radius 1 is 0.326 bits per heavy atom. The van der Waals surface area contributed by atoms with Gasteiger partial charge in [0.15, 0.2) is 17.3 Å². The van der Waals surface area contributed by atoms with Crippen molar-refractivity contribution in [3.8, 4) is 34.5 Å². The standard InChI is InChI=1S/C32H30I4O7.C26H30O6.C25H28O7.C24H26O6.CH4/c1-18(2)31(39)41-10-11-42-32(40)22(15-23(37)9-8-20-6-4-19(3)5-7-20)12-21-13-27(35)30(28(36)14-21)43-24-16-25(33)29(38)26(34)17-24;1-18(2)25(29)31-14-15-32-26(30)22(16-21-9-11-23(27)12-10-21)17-24(28)13-8-20-6-4-19(3)5-7-20;1-16(2)24(29)31-12-13-32-25(30)20(14-18-6-10-21(26)11-7-18)15-22(27)23(28)19-8-4-17(3)5-9-19;1-16(2)23(27)29-12-13-30-24(28)20(14-18-6-10-21(25)11-7-18)15-22(26)19-8-4-17(3)5-9-19;/h4-7,13-14,16-17,22,38H,1,8-12,15H2,2-3H3;4-7,9-12,22,27H,1,8,13-17H2,2-3H3;4-11,20,23,26,28H,1,12-15H2,2-3H3;4-11,20,25H,1,12-15H2,2-3H3;1H4/t2*22-;20-,23-;20-;/m1111./s1. The monoisotopic (exact) mass is 2340 g/mol. The summed E-state index contributed by atoms with van der Waals surface area (Å²) >= 11 is 8.50. The van der Waals surface area contributed by atoms with E-state index in [4.69, 9.17) is 42.6 Å². The molecule has 5 N–H and O–H groups in total. The summed E-state index contributed by atoms with van der Waals surface area (Å²) < 4.78 is 50.1. The molecule has 0 fully saturated rings. The van der Waals surface area contributed by atoms with Crippen molar-refractivity contribution in [2.45, 2.75) is 146 Å². The average Bonchev–Trinajstić information content (AvgIpc) is 0.811. The van der Waals surface area contributed by atoms with Gasteiger partial charge in [0, 0.05) is 66.4 Å². The van der Waals surface area contributed by atoms with E-state index in [2.05, 4.69) is 117 Å². The predicted molar refractivity (Wildman–Crippen MR) is 556 cm³/mol. The SMILES string of the molecule is C.C=C(C)C(=O)OCCOC(=O)[C@@H](CC(=O)CCc1ccc(C)cc1)Cc1cc(I)c(Oc2cc(I)c(O)c(I)c2)c(I)c1.C=C(C)C(=O)OCCOC(=O)[C@@H](CC(=O)CCc1ccc(C)cc1)Cc1ccc(O)cc1.C=C(C)C(=O)OCCOC(=O)[C@@H](CC(=O)[C@H](O)c1ccc(C)cc1)Cc1ccc(O)cc1.C=C(C)C(=O)OCCOC(=O)[C@@H](CC(=O)c1ccc(C)cc1)Cc1ccc(O)cc1. The van der Waals surface area contributed by atoms with Crippen LogP contribution in [0.4, 0.5) is 0 Å². The molecular weight excluding hydrogens is 2220 g/mol. The van der Waals surface area contributed by atoms with Crippen molar-refractivity contribution in [3.63, 3.8) is 0 Å². The van der Waals surface area contributed by atoms with Crippen molar-refractivity contribution in [2.24, 2.45) is 23.7 Å². The first kappa shape index (κ1) is 117. The Bertz CT molecular complexity index is 5610. The molecule has 0 amide bonds. The molecule has 0 heterocycles. The van der Waals surface area contributed by atoms with Gasteiger partial charge in [-0.15, -0.1) is 0 Å². The maximum atomic E-state index is 13.2. The maximum absolute atomic E-state index is 13.2. The Morgan fingerprint density at radius 2 is 0.594 bits per heavy atom. The molecule has 0 saturated carbocycles. The minimum atomic E-state index is -1.36. The normalized spacial score (nSPS) is 11.6. The number of ketones is 4. The van der Waals surface area contributed by atoms with E-state index in [1.807, 2.05) is 100 Å². The fraction of sp³-hybridized carbons (Fsp3) is 0.315. The van der Waals surface area contributed by atoms with Gasteiger partial charge in [0.25, 0.3) is 0 Å². The van der Waals surface area contributed by atoms with Crippen LogP contribution < -0.4 is 4.74 Å². The van der Waals surface area contributed by atoms with Crippen LogP contribution in [0.25, 0.3) is 0 Å². The zero-order chi connectivity index (χ0) is 101. The van der Waals surface area contributed by atoms with Gasteiger partial charge in [0.1, 0.15) is 99.3 Å². The van der Waals surface area contributed by atoms with Crippen LogP contribution in [0.1, 0.15) is 151 Å². The van der Waals surface area contributed by atoms with Gasteiger partial charge in [0.2, 0.25) is 0 Å². The lowest BCUT2D eigenvalue weighted by atomic mass is 9.91. The highest BCUT2D eigenvalue weighted by molar-refractivity contribution is 14.1. The van der Waals surface area contributed by atoms with Crippen molar-refractivity contribution in [1.82, 2.24) is 0 Å². The molecule has 0 spiro atoms. The molecule has 5 atom stereocenters. The van der Waals surface area contributed by atoms with Crippen molar-refractivity contribution in [2.75, 3.05) is 52.9 Å². The van der Waals surface area contributed by atoms with Crippen LogP contribution in [0.15, 0.2) is 243 Å².